The lowest BCUT2D eigenvalue weighted by atomic mass is 9.53. The van der Waals surface area contributed by atoms with Crippen LogP contribution < -0.4 is 0 Å². The summed E-state index contributed by atoms with van der Waals surface area (Å²) in [6.45, 7) is 6.94. The Morgan fingerprint density at radius 1 is 1.12 bits per heavy atom. The maximum atomic E-state index is 13.3. The summed E-state index contributed by atoms with van der Waals surface area (Å²) in [4.78, 5) is 27.7. The van der Waals surface area contributed by atoms with Crippen LogP contribution in [0.3, 0.4) is 0 Å². The van der Waals surface area contributed by atoms with E-state index in [9.17, 15) is 9.59 Å². The molecular formula is C26H33NO7. The maximum Gasteiger partial charge on any atom is 0.334 e. The molecule has 9 atom stereocenters. The topological polar surface area (TPSA) is 93.4 Å². The summed E-state index contributed by atoms with van der Waals surface area (Å²) in [5.74, 6) is 0.332. The Bertz CT molecular complexity index is 1020. The van der Waals surface area contributed by atoms with E-state index in [0.29, 0.717) is 13.2 Å². The van der Waals surface area contributed by atoms with Crippen LogP contribution in [0.1, 0.15) is 52.4 Å². The number of carbonyl (C=O) groups excluding carboxylic acids is 2. The molecule has 0 amide bonds. The molecule has 0 aromatic carbocycles. The van der Waals surface area contributed by atoms with Crippen LogP contribution in [0.2, 0.25) is 0 Å². The van der Waals surface area contributed by atoms with Crippen molar-refractivity contribution in [1.29, 1.82) is 0 Å². The number of carbonyl (C=O) groups is 2. The third-order valence-corrected chi connectivity index (χ3v) is 10.5. The summed E-state index contributed by atoms with van der Waals surface area (Å²) in [5, 5.41) is 0. The SMILES string of the molecule is CC(C)[C@]12O[C@H]1[C@@H]1O[C@@]13[C@H]1CCC4=C(COC4=O)[C@@H]1C[C@@H]1O[C@@]13[C@@H]2OC(=O)CN1CCCCC1. The van der Waals surface area contributed by atoms with E-state index in [4.69, 9.17) is 23.7 Å². The lowest BCUT2D eigenvalue weighted by Gasteiger charge is -2.47. The average molecular weight is 472 g/mol. The molecule has 2 saturated carbocycles. The Hall–Kier alpha value is -1.48. The van der Waals surface area contributed by atoms with Crippen molar-refractivity contribution in [2.24, 2.45) is 17.8 Å². The van der Waals surface area contributed by atoms with E-state index in [2.05, 4.69) is 18.7 Å². The van der Waals surface area contributed by atoms with Gasteiger partial charge in [-0.1, -0.05) is 20.3 Å². The van der Waals surface area contributed by atoms with Gasteiger partial charge in [0, 0.05) is 11.5 Å². The molecule has 0 unspecified atom stereocenters. The second kappa shape index (κ2) is 6.44. The lowest BCUT2D eigenvalue weighted by molar-refractivity contribution is -0.167. The van der Waals surface area contributed by atoms with Gasteiger partial charge in [0.25, 0.3) is 0 Å². The first-order valence-electron chi connectivity index (χ1n) is 13.3. The average Bonchev–Trinajstić information content (AvgIpc) is 3.73. The molecule has 4 saturated heterocycles. The first-order chi connectivity index (χ1) is 16.4. The minimum atomic E-state index is -0.630. The molecule has 0 aromatic heterocycles. The monoisotopic (exact) mass is 471 g/mol. The first kappa shape index (κ1) is 20.7. The summed E-state index contributed by atoms with van der Waals surface area (Å²) < 4.78 is 31.5. The van der Waals surface area contributed by atoms with Crippen molar-refractivity contribution >= 4 is 11.9 Å². The number of piperidine rings is 1. The smallest absolute Gasteiger partial charge is 0.334 e. The van der Waals surface area contributed by atoms with E-state index in [1.165, 1.54) is 6.42 Å². The number of fused-ring (bicyclic) bond motifs is 4. The molecular weight excluding hydrogens is 438 g/mol. The van der Waals surface area contributed by atoms with Crippen LogP contribution >= 0.6 is 0 Å². The molecule has 3 aliphatic carbocycles. The van der Waals surface area contributed by atoms with Crippen LogP contribution in [0.25, 0.3) is 0 Å². The van der Waals surface area contributed by atoms with Gasteiger partial charge >= 0.3 is 11.9 Å². The number of cyclic esters (lactones) is 1. The van der Waals surface area contributed by atoms with Crippen molar-refractivity contribution in [3.05, 3.63) is 11.1 Å². The molecule has 8 heteroatoms. The van der Waals surface area contributed by atoms with Gasteiger partial charge in [-0.15, -0.1) is 0 Å². The summed E-state index contributed by atoms with van der Waals surface area (Å²) in [7, 11) is 0. The number of hydrogen-bond acceptors (Lipinski definition) is 8. The predicted octanol–water partition coefficient (Wildman–Crippen LogP) is 1.75. The number of epoxide rings is 3. The Morgan fingerprint density at radius 2 is 1.94 bits per heavy atom. The van der Waals surface area contributed by atoms with Gasteiger partial charge in [0.05, 0.1) is 12.6 Å². The molecule has 0 radical (unpaired) electrons. The Morgan fingerprint density at radius 3 is 2.74 bits per heavy atom. The quantitative estimate of drug-likeness (QED) is 0.452. The second-order valence-corrected chi connectivity index (χ2v) is 12.1. The van der Waals surface area contributed by atoms with E-state index in [0.717, 1.165) is 56.3 Å². The van der Waals surface area contributed by atoms with E-state index in [1.807, 2.05) is 0 Å². The summed E-state index contributed by atoms with van der Waals surface area (Å²) in [6.07, 6.45) is 5.36. The number of likely N-dealkylation sites (tertiary alicyclic amines) is 1. The molecule has 0 aromatic rings. The van der Waals surface area contributed by atoms with Crippen molar-refractivity contribution in [2.75, 3.05) is 26.2 Å². The van der Waals surface area contributed by atoms with Crippen LogP contribution in [0.15, 0.2) is 11.1 Å². The largest absolute Gasteiger partial charge is 0.458 e. The highest BCUT2D eigenvalue weighted by atomic mass is 16.8. The Kier molecular flexibility index (Phi) is 3.92. The number of nitrogens with zero attached hydrogens (tertiary/aromatic N) is 1. The molecule has 0 bridgehead atoms. The van der Waals surface area contributed by atoms with Gasteiger partial charge in [-0.05, 0) is 62.6 Å². The maximum absolute atomic E-state index is 13.3. The first-order valence-corrected chi connectivity index (χ1v) is 13.3. The molecule has 5 heterocycles. The normalized spacial score (nSPS) is 51.9. The zero-order valence-corrected chi connectivity index (χ0v) is 19.9. The molecule has 8 rings (SSSR count). The van der Waals surface area contributed by atoms with Crippen molar-refractivity contribution < 1.29 is 33.3 Å². The highest BCUT2D eigenvalue weighted by molar-refractivity contribution is 5.92. The molecule has 34 heavy (non-hydrogen) atoms. The van der Waals surface area contributed by atoms with Crippen LogP contribution in [0, 0.1) is 17.8 Å². The van der Waals surface area contributed by atoms with Crippen LogP contribution in [0.5, 0.6) is 0 Å². The molecule has 8 nitrogen and oxygen atoms in total. The number of hydrogen-bond donors (Lipinski definition) is 0. The van der Waals surface area contributed by atoms with E-state index < -0.39 is 22.9 Å². The molecule has 2 spiro atoms. The zero-order valence-electron chi connectivity index (χ0n) is 19.9. The van der Waals surface area contributed by atoms with E-state index >= 15 is 0 Å². The highest BCUT2D eigenvalue weighted by Gasteiger charge is 2.99. The van der Waals surface area contributed by atoms with Gasteiger partial charge in [-0.2, -0.15) is 0 Å². The lowest BCUT2D eigenvalue weighted by Crippen LogP contribution is -2.67. The predicted molar refractivity (Wildman–Crippen MR) is 117 cm³/mol. The number of esters is 2. The Labute approximate surface area is 199 Å². The van der Waals surface area contributed by atoms with Gasteiger partial charge < -0.3 is 23.7 Å². The third-order valence-electron chi connectivity index (χ3n) is 10.5. The fourth-order valence-corrected chi connectivity index (χ4v) is 8.85. The summed E-state index contributed by atoms with van der Waals surface area (Å²) in [6, 6.07) is 0. The molecule has 184 valence electrons. The minimum absolute atomic E-state index is 0.0232. The minimum Gasteiger partial charge on any atom is -0.458 e. The van der Waals surface area contributed by atoms with Crippen LogP contribution in [-0.2, 0) is 33.3 Å². The van der Waals surface area contributed by atoms with E-state index in [-0.39, 0.29) is 48.0 Å². The van der Waals surface area contributed by atoms with Crippen molar-refractivity contribution in [1.82, 2.24) is 4.90 Å². The zero-order chi connectivity index (χ0) is 23.0. The molecule has 6 fully saturated rings. The van der Waals surface area contributed by atoms with Crippen molar-refractivity contribution in [2.45, 2.75) is 93.6 Å². The third kappa shape index (κ3) is 2.26. The van der Waals surface area contributed by atoms with Crippen LogP contribution in [-0.4, -0.2) is 84.3 Å². The van der Waals surface area contributed by atoms with E-state index in [1.54, 1.807) is 0 Å². The highest BCUT2D eigenvalue weighted by Crippen LogP contribution is 2.80. The van der Waals surface area contributed by atoms with Gasteiger partial charge in [0.15, 0.2) is 11.7 Å². The fraction of sp³-hybridized carbons (Fsp3) is 0.846. The summed E-state index contributed by atoms with van der Waals surface area (Å²) >= 11 is 0. The standard InChI is InChI=1S/C26H33NO7/c1-13(2)24-20(33-24)21-25(34-21)17-7-6-14-16(12-30-22(14)29)15(17)10-18-26(25,32-18)23(24)31-19(28)11-27-8-4-3-5-9-27/h13,15,17-18,20-21,23H,3-12H2,1-2H3/t15-,17-,18-,20-,21-,23+,24-,25-,26+/m0/s1. The molecule has 5 aliphatic heterocycles. The van der Waals surface area contributed by atoms with Gasteiger partial charge in [-0.25, -0.2) is 4.79 Å². The number of rotatable bonds is 4. The molecule has 8 aliphatic rings. The molecule has 0 N–H and O–H groups in total. The fourth-order valence-electron chi connectivity index (χ4n) is 8.85. The second-order valence-electron chi connectivity index (χ2n) is 12.1. The van der Waals surface area contributed by atoms with Crippen LogP contribution in [0.4, 0.5) is 0 Å². The van der Waals surface area contributed by atoms with Crippen molar-refractivity contribution in [3.63, 3.8) is 0 Å². The number of ether oxygens (including phenoxy) is 5. The Balaban J connectivity index is 1.14. The summed E-state index contributed by atoms with van der Waals surface area (Å²) in [5.41, 5.74) is 0.387. The van der Waals surface area contributed by atoms with Gasteiger partial charge in [0.2, 0.25) is 0 Å². The van der Waals surface area contributed by atoms with Crippen molar-refractivity contribution in [3.8, 4) is 0 Å². The van der Waals surface area contributed by atoms with Gasteiger partial charge in [-0.3, -0.25) is 9.69 Å². The van der Waals surface area contributed by atoms with Gasteiger partial charge in [0.1, 0.15) is 30.0 Å².